The van der Waals surface area contributed by atoms with Crippen molar-refractivity contribution in [3.8, 4) is 17.6 Å². The Morgan fingerprint density at radius 3 is 2.42 bits per heavy atom. The summed E-state index contributed by atoms with van der Waals surface area (Å²) in [6, 6.07) is 11.3. The molecule has 0 radical (unpaired) electrons. The van der Waals surface area contributed by atoms with E-state index in [1.807, 2.05) is 0 Å². The zero-order valence-corrected chi connectivity index (χ0v) is 23.0. The van der Waals surface area contributed by atoms with Crippen LogP contribution in [0.1, 0.15) is 31.7 Å². The quantitative estimate of drug-likeness (QED) is 0.117. The number of hydroxylamine groups is 1. The summed E-state index contributed by atoms with van der Waals surface area (Å²) in [5.41, 5.74) is 2.24. The smallest absolute Gasteiger partial charge is 0.259 e. The highest BCUT2D eigenvalue weighted by Gasteiger charge is 2.26. The van der Waals surface area contributed by atoms with Crippen molar-refractivity contribution in [2.75, 3.05) is 19.7 Å². The van der Waals surface area contributed by atoms with Crippen molar-refractivity contribution in [2.45, 2.75) is 42.8 Å². The fraction of sp³-hybridized carbons (Fsp3) is 0.346. The van der Waals surface area contributed by atoms with Gasteiger partial charge in [-0.3, -0.25) is 23.8 Å². The summed E-state index contributed by atoms with van der Waals surface area (Å²) < 4.78 is 18.4. The van der Waals surface area contributed by atoms with E-state index in [1.54, 1.807) is 54.9 Å². The summed E-state index contributed by atoms with van der Waals surface area (Å²) in [5.74, 6) is 4.59. The number of unbranched alkanes of at least 4 members (excludes halogenated alkanes) is 1. The number of carbonyl (C=O) groups excluding carboxylic acids is 3. The number of carbonyl (C=O) groups is 3. The maximum absolute atomic E-state index is 13.0. The van der Waals surface area contributed by atoms with Gasteiger partial charge in [-0.05, 0) is 68.1 Å². The Balaban J connectivity index is 1.73. The topological polar surface area (TPSA) is 134 Å². The van der Waals surface area contributed by atoms with Crippen molar-refractivity contribution in [2.24, 2.45) is 0 Å². The minimum absolute atomic E-state index is 0.0545. The van der Waals surface area contributed by atoms with Gasteiger partial charge in [0.25, 0.3) is 5.91 Å². The summed E-state index contributed by atoms with van der Waals surface area (Å²) in [4.78, 5) is 36.6. The van der Waals surface area contributed by atoms with E-state index in [0.717, 1.165) is 0 Å². The number of rotatable bonds is 14. The lowest BCUT2D eigenvalue weighted by Crippen LogP contribution is -2.38. The molecule has 0 aliphatic carbocycles. The number of amides is 3. The molecule has 3 amide bonds. The van der Waals surface area contributed by atoms with E-state index >= 15 is 0 Å². The normalized spacial score (nSPS) is 11.9. The molecule has 0 aliphatic rings. The maximum atomic E-state index is 13.0. The predicted molar refractivity (Wildman–Crippen MR) is 146 cm³/mol. The van der Waals surface area contributed by atoms with E-state index in [4.69, 9.17) is 33.1 Å². The molecule has 0 aliphatic heterocycles. The highest BCUT2D eigenvalue weighted by molar-refractivity contribution is 7.86. The highest BCUT2D eigenvalue weighted by atomic mass is 35.5. The van der Waals surface area contributed by atoms with Crippen LogP contribution >= 0.6 is 23.2 Å². The summed E-state index contributed by atoms with van der Waals surface area (Å²) in [5, 5.41) is 14.1. The number of ether oxygens (including phenoxy) is 1. The Labute approximate surface area is 234 Å². The van der Waals surface area contributed by atoms with E-state index in [-0.39, 0.29) is 37.8 Å². The molecule has 0 spiro atoms. The molecule has 2 rings (SSSR count). The highest BCUT2D eigenvalue weighted by Crippen LogP contribution is 2.23. The van der Waals surface area contributed by atoms with Gasteiger partial charge in [0.15, 0.2) is 0 Å². The largest absolute Gasteiger partial charge is 0.481 e. The molecule has 2 aromatic carbocycles. The van der Waals surface area contributed by atoms with Crippen molar-refractivity contribution < 1.29 is 28.5 Å². The molecular weight excluding hydrogens is 553 g/mol. The average molecular weight is 583 g/mol. The molecule has 0 aromatic heterocycles. The molecule has 12 heteroatoms. The molecule has 0 saturated heterocycles. The first-order valence-electron chi connectivity index (χ1n) is 11.7. The van der Waals surface area contributed by atoms with Crippen LogP contribution in [-0.2, 0) is 31.6 Å². The van der Waals surface area contributed by atoms with Gasteiger partial charge >= 0.3 is 0 Å². The minimum atomic E-state index is -1.72. The van der Waals surface area contributed by atoms with E-state index in [1.165, 1.54) is 0 Å². The molecule has 2 atom stereocenters. The van der Waals surface area contributed by atoms with Gasteiger partial charge in [-0.1, -0.05) is 35.2 Å². The van der Waals surface area contributed by atoms with Gasteiger partial charge in [0.05, 0.1) is 33.8 Å². The Bertz CT molecular complexity index is 1200. The summed E-state index contributed by atoms with van der Waals surface area (Å²) in [6.45, 7) is 2.05. The first-order valence-corrected chi connectivity index (χ1v) is 13.7. The zero-order valence-electron chi connectivity index (χ0n) is 20.7. The van der Waals surface area contributed by atoms with Crippen LogP contribution in [0.2, 0.25) is 10.0 Å². The van der Waals surface area contributed by atoms with Crippen molar-refractivity contribution in [1.82, 2.24) is 16.1 Å². The Kier molecular flexibility index (Phi) is 13.7. The van der Waals surface area contributed by atoms with Crippen LogP contribution in [0.3, 0.4) is 0 Å². The Morgan fingerprint density at radius 2 is 1.76 bits per heavy atom. The molecule has 38 heavy (non-hydrogen) atoms. The van der Waals surface area contributed by atoms with Crippen LogP contribution < -0.4 is 20.9 Å². The van der Waals surface area contributed by atoms with Gasteiger partial charge in [0, 0.05) is 11.4 Å². The lowest BCUT2D eigenvalue weighted by molar-refractivity contribution is -0.128. The van der Waals surface area contributed by atoms with Crippen molar-refractivity contribution in [1.29, 1.82) is 0 Å². The fourth-order valence-corrected chi connectivity index (χ4v) is 4.94. The molecule has 204 valence electrons. The molecule has 2 aromatic rings. The summed E-state index contributed by atoms with van der Waals surface area (Å²) >= 11 is 11.8. The molecular formula is C26H29Cl2N3O6S. The van der Waals surface area contributed by atoms with Gasteiger partial charge < -0.3 is 15.4 Å². The van der Waals surface area contributed by atoms with Gasteiger partial charge in [-0.15, -0.1) is 5.92 Å². The minimum Gasteiger partial charge on any atom is -0.481 e. The standard InChI is InChI=1S/C26H29Cl2N3O6S/c1-2-3-14-37-19-8-10-20(11-9-19)38(36)23(26(34)31-35)6-4-5-13-29-25(33)17-30-24(32)16-18-7-12-21(27)22(28)15-18/h7-12,15,23,35H,4-6,13-14,16-17H2,1H3,(H,29,33)(H,30,32)(H,31,34). The lowest BCUT2D eigenvalue weighted by Gasteiger charge is -2.15. The van der Waals surface area contributed by atoms with Crippen LogP contribution in [0.25, 0.3) is 0 Å². The van der Waals surface area contributed by atoms with Gasteiger partial charge in [0.1, 0.15) is 17.6 Å². The third kappa shape index (κ3) is 10.7. The maximum Gasteiger partial charge on any atom is 0.259 e. The molecule has 9 nitrogen and oxygen atoms in total. The van der Waals surface area contributed by atoms with E-state index in [2.05, 4.69) is 22.5 Å². The summed E-state index contributed by atoms with van der Waals surface area (Å²) in [6.07, 6.45) is 1.24. The number of hydrogen-bond donors (Lipinski definition) is 4. The van der Waals surface area contributed by atoms with E-state index in [0.29, 0.717) is 45.6 Å². The van der Waals surface area contributed by atoms with Crippen LogP contribution in [0.4, 0.5) is 0 Å². The van der Waals surface area contributed by atoms with Crippen LogP contribution in [0, 0.1) is 11.8 Å². The van der Waals surface area contributed by atoms with E-state index in [9.17, 15) is 18.6 Å². The zero-order chi connectivity index (χ0) is 27.9. The first-order chi connectivity index (χ1) is 18.2. The van der Waals surface area contributed by atoms with Crippen LogP contribution in [0.15, 0.2) is 47.4 Å². The average Bonchev–Trinajstić information content (AvgIpc) is 2.91. The van der Waals surface area contributed by atoms with Crippen molar-refractivity contribution in [3.63, 3.8) is 0 Å². The van der Waals surface area contributed by atoms with Gasteiger partial charge in [-0.25, -0.2) is 5.48 Å². The lowest BCUT2D eigenvalue weighted by atomic mass is 10.1. The monoisotopic (exact) mass is 581 g/mol. The predicted octanol–water partition coefficient (Wildman–Crippen LogP) is 3.02. The molecule has 2 unspecified atom stereocenters. The molecule has 0 fully saturated rings. The third-order valence-electron chi connectivity index (χ3n) is 5.21. The van der Waals surface area contributed by atoms with Gasteiger partial charge in [-0.2, -0.15) is 0 Å². The summed E-state index contributed by atoms with van der Waals surface area (Å²) in [7, 11) is -1.72. The molecule has 0 heterocycles. The Morgan fingerprint density at radius 1 is 1.03 bits per heavy atom. The number of nitrogens with one attached hydrogen (secondary N) is 3. The molecule has 4 N–H and O–H groups in total. The van der Waals surface area contributed by atoms with E-state index < -0.39 is 22.0 Å². The second-order valence-corrected chi connectivity index (χ2v) is 10.4. The number of halogens is 2. The molecule has 0 bridgehead atoms. The third-order valence-corrected chi connectivity index (χ3v) is 7.66. The number of benzene rings is 2. The fourth-order valence-electron chi connectivity index (χ4n) is 3.25. The van der Waals surface area contributed by atoms with Crippen molar-refractivity contribution >= 4 is 51.7 Å². The second-order valence-electron chi connectivity index (χ2n) is 8.00. The first kappa shape index (κ1) is 31.1. The Hall–Kier alpha value is -3.10. The second kappa shape index (κ2) is 16.7. The SMILES string of the molecule is CC#CCOc1ccc(S(=O)C(CCCCNC(=O)CNC(=O)Cc2ccc(Cl)c(Cl)c2)C(=O)NO)cc1. The van der Waals surface area contributed by atoms with Crippen molar-refractivity contribution in [3.05, 3.63) is 58.1 Å². The van der Waals surface area contributed by atoms with Crippen LogP contribution in [0.5, 0.6) is 5.75 Å². The number of hydrogen-bond acceptors (Lipinski definition) is 6. The molecule has 0 saturated carbocycles. The van der Waals surface area contributed by atoms with Gasteiger partial charge in [0.2, 0.25) is 11.8 Å². The van der Waals surface area contributed by atoms with Crippen LogP contribution in [-0.4, -0.2) is 52.1 Å².